The van der Waals surface area contributed by atoms with Gasteiger partial charge in [-0.2, -0.15) is 0 Å². The number of carbonyl (C=O) groups is 3. The molecule has 0 saturated carbocycles. The van der Waals surface area contributed by atoms with E-state index in [1.807, 2.05) is 0 Å². The topological polar surface area (TPSA) is 84.5 Å². The van der Waals surface area contributed by atoms with E-state index in [-0.39, 0.29) is 11.3 Å². The Hall–Kier alpha value is -2.86. The Bertz CT molecular complexity index is 805. The molecule has 0 unspecified atom stereocenters. The van der Waals surface area contributed by atoms with Crippen LogP contribution in [0.1, 0.15) is 15.9 Å². The van der Waals surface area contributed by atoms with Gasteiger partial charge in [-0.05, 0) is 36.8 Å². The first-order chi connectivity index (χ1) is 11.4. The second-order valence-corrected chi connectivity index (χ2v) is 5.34. The van der Waals surface area contributed by atoms with E-state index in [1.165, 1.54) is 19.2 Å². The molecule has 0 aliphatic rings. The molecule has 0 heterocycles. The minimum Gasteiger partial charge on any atom is -0.465 e. The molecule has 0 atom stereocenters. The number of ether oxygens (including phenoxy) is 1. The third kappa shape index (κ3) is 4.11. The molecule has 0 bridgehead atoms. The van der Waals surface area contributed by atoms with Gasteiger partial charge in [0.15, 0.2) is 0 Å². The number of anilines is 2. The lowest BCUT2D eigenvalue weighted by Gasteiger charge is -2.11. The van der Waals surface area contributed by atoms with Crippen molar-refractivity contribution in [3.05, 3.63) is 58.6 Å². The molecule has 0 spiro atoms. The number of aryl methyl sites for hydroxylation is 1. The number of rotatable bonds is 3. The maximum Gasteiger partial charge on any atom is 0.339 e. The van der Waals surface area contributed by atoms with Crippen molar-refractivity contribution < 1.29 is 19.1 Å². The van der Waals surface area contributed by atoms with Crippen LogP contribution in [-0.2, 0) is 14.3 Å². The van der Waals surface area contributed by atoms with Gasteiger partial charge in [0.05, 0.1) is 18.4 Å². The molecule has 0 saturated heterocycles. The fourth-order valence-electron chi connectivity index (χ4n) is 1.97. The van der Waals surface area contributed by atoms with Crippen LogP contribution in [0.25, 0.3) is 0 Å². The molecule has 0 aromatic heterocycles. The lowest BCUT2D eigenvalue weighted by atomic mass is 10.1. The SMILES string of the molecule is COC(=O)c1ccccc1NC(=O)C(=O)Nc1cc(Cl)ccc1C. The Kier molecular flexibility index (Phi) is 5.55. The van der Waals surface area contributed by atoms with Gasteiger partial charge in [0.1, 0.15) is 0 Å². The molecule has 0 radical (unpaired) electrons. The number of esters is 1. The molecule has 124 valence electrons. The van der Waals surface area contributed by atoms with E-state index >= 15 is 0 Å². The molecule has 2 N–H and O–H groups in total. The third-order valence-electron chi connectivity index (χ3n) is 3.23. The van der Waals surface area contributed by atoms with Crippen LogP contribution < -0.4 is 10.6 Å². The quantitative estimate of drug-likeness (QED) is 0.661. The standard InChI is InChI=1S/C17H15ClN2O4/c1-10-7-8-11(18)9-14(10)20-16(22)15(21)19-13-6-4-3-5-12(13)17(23)24-2/h3-9H,1-2H3,(H,19,21)(H,20,22). The summed E-state index contributed by atoms with van der Waals surface area (Å²) in [7, 11) is 1.23. The lowest BCUT2D eigenvalue weighted by Crippen LogP contribution is -2.30. The number of para-hydroxylation sites is 1. The van der Waals surface area contributed by atoms with Crippen LogP contribution in [0.15, 0.2) is 42.5 Å². The maximum absolute atomic E-state index is 12.1. The summed E-state index contributed by atoms with van der Waals surface area (Å²) in [4.78, 5) is 35.8. The highest BCUT2D eigenvalue weighted by atomic mass is 35.5. The van der Waals surface area contributed by atoms with Crippen molar-refractivity contribution in [3.63, 3.8) is 0 Å². The number of methoxy groups -OCH3 is 1. The van der Waals surface area contributed by atoms with Crippen LogP contribution in [0.5, 0.6) is 0 Å². The number of hydrogen-bond donors (Lipinski definition) is 2. The summed E-state index contributed by atoms with van der Waals surface area (Å²) in [5.41, 5.74) is 1.53. The summed E-state index contributed by atoms with van der Waals surface area (Å²) in [5, 5.41) is 5.31. The maximum atomic E-state index is 12.1. The summed E-state index contributed by atoms with van der Waals surface area (Å²) >= 11 is 5.88. The van der Waals surface area contributed by atoms with Crippen molar-refractivity contribution in [2.75, 3.05) is 17.7 Å². The zero-order valence-electron chi connectivity index (χ0n) is 13.1. The van der Waals surface area contributed by atoms with Crippen molar-refractivity contribution in [1.29, 1.82) is 0 Å². The normalized spacial score (nSPS) is 9.96. The van der Waals surface area contributed by atoms with E-state index in [9.17, 15) is 14.4 Å². The summed E-state index contributed by atoms with van der Waals surface area (Å²) < 4.78 is 4.64. The molecule has 7 heteroatoms. The first-order valence-electron chi connectivity index (χ1n) is 6.98. The van der Waals surface area contributed by atoms with Crippen LogP contribution in [0.4, 0.5) is 11.4 Å². The van der Waals surface area contributed by atoms with Crippen molar-refractivity contribution in [1.82, 2.24) is 0 Å². The molecule has 0 aliphatic carbocycles. The predicted octanol–water partition coefficient (Wildman–Crippen LogP) is 3.01. The fraction of sp³-hybridized carbons (Fsp3) is 0.118. The van der Waals surface area contributed by atoms with E-state index in [4.69, 9.17) is 11.6 Å². The largest absolute Gasteiger partial charge is 0.465 e. The lowest BCUT2D eigenvalue weighted by molar-refractivity contribution is -0.133. The van der Waals surface area contributed by atoms with E-state index < -0.39 is 17.8 Å². The van der Waals surface area contributed by atoms with E-state index in [0.29, 0.717) is 10.7 Å². The number of nitrogens with one attached hydrogen (secondary N) is 2. The van der Waals surface area contributed by atoms with Gasteiger partial charge in [-0.1, -0.05) is 29.8 Å². The summed E-state index contributed by atoms with van der Waals surface area (Å²) in [6.07, 6.45) is 0. The number of halogens is 1. The molecule has 0 fully saturated rings. The molecule has 2 aromatic rings. The van der Waals surface area contributed by atoms with Crippen molar-refractivity contribution in [2.24, 2.45) is 0 Å². The zero-order chi connectivity index (χ0) is 17.7. The average molecular weight is 347 g/mol. The number of amides is 2. The Morgan fingerprint density at radius 3 is 2.25 bits per heavy atom. The van der Waals surface area contributed by atoms with E-state index in [0.717, 1.165) is 5.56 Å². The monoisotopic (exact) mass is 346 g/mol. The van der Waals surface area contributed by atoms with Crippen LogP contribution in [0, 0.1) is 6.92 Å². The summed E-state index contributed by atoms with van der Waals surface area (Å²) in [6.45, 7) is 1.77. The Balaban J connectivity index is 2.14. The molecule has 6 nitrogen and oxygen atoms in total. The number of carbonyl (C=O) groups excluding carboxylic acids is 3. The second kappa shape index (κ2) is 7.61. The van der Waals surface area contributed by atoms with Gasteiger partial charge in [-0.25, -0.2) is 4.79 Å². The van der Waals surface area contributed by atoms with Gasteiger partial charge in [-0.3, -0.25) is 9.59 Å². The highest BCUT2D eigenvalue weighted by Gasteiger charge is 2.18. The number of benzene rings is 2. The average Bonchev–Trinajstić information content (AvgIpc) is 2.57. The van der Waals surface area contributed by atoms with Gasteiger partial charge in [0, 0.05) is 10.7 Å². The zero-order valence-corrected chi connectivity index (χ0v) is 13.8. The van der Waals surface area contributed by atoms with E-state index in [1.54, 1.807) is 37.3 Å². The molecule has 2 rings (SSSR count). The number of hydrogen-bond acceptors (Lipinski definition) is 4. The smallest absolute Gasteiger partial charge is 0.339 e. The van der Waals surface area contributed by atoms with Gasteiger partial charge in [-0.15, -0.1) is 0 Å². The minimum absolute atomic E-state index is 0.153. The van der Waals surface area contributed by atoms with Gasteiger partial charge < -0.3 is 15.4 Å². The molecular formula is C17H15ClN2O4. The Morgan fingerprint density at radius 2 is 1.58 bits per heavy atom. The van der Waals surface area contributed by atoms with E-state index in [2.05, 4.69) is 15.4 Å². The first-order valence-corrected chi connectivity index (χ1v) is 7.36. The van der Waals surface area contributed by atoms with Crippen LogP contribution in [0.2, 0.25) is 5.02 Å². The van der Waals surface area contributed by atoms with Crippen molar-refractivity contribution in [3.8, 4) is 0 Å². The molecular weight excluding hydrogens is 332 g/mol. The molecule has 0 aliphatic heterocycles. The van der Waals surface area contributed by atoms with Crippen molar-refractivity contribution >= 4 is 40.8 Å². The second-order valence-electron chi connectivity index (χ2n) is 4.90. The van der Waals surface area contributed by atoms with Gasteiger partial charge in [0.25, 0.3) is 0 Å². The van der Waals surface area contributed by atoms with Crippen LogP contribution in [-0.4, -0.2) is 24.9 Å². The first kappa shape index (κ1) is 17.5. The van der Waals surface area contributed by atoms with Gasteiger partial charge >= 0.3 is 17.8 Å². The van der Waals surface area contributed by atoms with Crippen molar-refractivity contribution in [2.45, 2.75) is 6.92 Å². The molecule has 2 amide bonds. The van der Waals surface area contributed by atoms with Crippen LogP contribution in [0.3, 0.4) is 0 Å². The third-order valence-corrected chi connectivity index (χ3v) is 3.47. The summed E-state index contributed by atoms with van der Waals surface area (Å²) in [6, 6.07) is 11.2. The molecule has 24 heavy (non-hydrogen) atoms. The predicted molar refractivity (Wildman–Crippen MR) is 91.2 cm³/mol. The highest BCUT2D eigenvalue weighted by Crippen LogP contribution is 2.20. The fourth-order valence-corrected chi connectivity index (χ4v) is 2.14. The summed E-state index contributed by atoms with van der Waals surface area (Å²) in [5.74, 6) is -2.40. The van der Waals surface area contributed by atoms with Gasteiger partial charge in [0.2, 0.25) is 0 Å². The van der Waals surface area contributed by atoms with Crippen LogP contribution >= 0.6 is 11.6 Å². The highest BCUT2D eigenvalue weighted by molar-refractivity contribution is 6.44. The Morgan fingerprint density at radius 1 is 0.958 bits per heavy atom. The Labute approximate surface area is 143 Å². The minimum atomic E-state index is -0.911. The molecule has 2 aromatic carbocycles.